The minimum Gasteiger partial charge on any atom is -0.378 e. The maximum Gasteiger partial charge on any atom is 0.141 e. The molecule has 124 valence electrons. The van der Waals surface area contributed by atoms with E-state index in [2.05, 4.69) is 36.1 Å². The van der Waals surface area contributed by atoms with Crippen molar-refractivity contribution in [1.82, 2.24) is 9.97 Å². The zero-order chi connectivity index (χ0) is 17.0. The fraction of sp³-hybridized carbons (Fsp3) is 0.412. The number of aromatic nitrogens is 2. The highest BCUT2D eigenvalue weighted by molar-refractivity contribution is 6.30. The minimum atomic E-state index is -0.421. The molecule has 2 rings (SSSR count). The molecule has 23 heavy (non-hydrogen) atoms. The highest BCUT2D eigenvalue weighted by Crippen LogP contribution is 2.22. The first kappa shape index (κ1) is 17.6. The van der Waals surface area contributed by atoms with Crippen molar-refractivity contribution in [2.75, 3.05) is 12.4 Å². The van der Waals surface area contributed by atoms with Crippen LogP contribution in [0.2, 0.25) is 5.02 Å². The van der Waals surface area contributed by atoms with Crippen molar-refractivity contribution in [3.63, 3.8) is 0 Å². The van der Waals surface area contributed by atoms with E-state index in [4.69, 9.17) is 16.3 Å². The molecule has 0 bridgehead atoms. The van der Waals surface area contributed by atoms with Crippen LogP contribution < -0.4 is 5.32 Å². The Balaban J connectivity index is 2.20. The average Bonchev–Trinajstić information content (AvgIpc) is 2.48. The predicted octanol–water partition coefficient (Wildman–Crippen LogP) is 4.33. The molecule has 0 fully saturated rings. The summed E-state index contributed by atoms with van der Waals surface area (Å²) in [5.41, 5.74) is 1.52. The van der Waals surface area contributed by atoms with Crippen LogP contribution in [0.3, 0.4) is 0 Å². The molecule has 0 saturated carbocycles. The zero-order valence-corrected chi connectivity index (χ0v) is 14.5. The van der Waals surface area contributed by atoms with Crippen LogP contribution in [0.4, 0.5) is 10.2 Å². The summed E-state index contributed by atoms with van der Waals surface area (Å²) >= 11 is 5.80. The Morgan fingerprint density at radius 3 is 2.57 bits per heavy atom. The summed E-state index contributed by atoms with van der Waals surface area (Å²) in [6, 6.07) is 6.50. The van der Waals surface area contributed by atoms with E-state index < -0.39 is 5.82 Å². The maximum absolute atomic E-state index is 13.2. The summed E-state index contributed by atoms with van der Waals surface area (Å²) in [6.45, 7) is 7.09. The van der Waals surface area contributed by atoms with Crippen molar-refractivity contribution < 1.29 is 9.13 Å². The number of nitrogens with zero attached hydrogens (tertiary/aromatic N) is 2. The second-order valence-electron chi connectivity index (χ2n) is 6.35. The molecular formula is C17H21ClFN3O. The molecule has 0 saturated heterocycles. The number of halogens is 2. The summed E-state index contributed by atoms with van der Waals surface area (Å²) < 4.78 is 18.4. The Kier molecular flexibility index (Phi) is 5.55. The Morgan fingerprint density at radius 1 is 1.22 bits per heavy atom. The van der Waals surface area contributed by atoms with Gasteiger partial charge in [0, 0.05) is 25.1 Å². The van der Waals surface area contributed by atoms with Gasteiger partial charge in [0.2, 0.25) is 0 Å². The zero-order valence-electron chi connectivity index (χ0n) is 13.8. The minimum absolute atomic E-state index is 0.113. The van der Waals surface area contributed by atoms with E-state index in [9.17, 15) is 4.39 Å². The van der Waals surface area contributed by atoms with Gasteiger partial charge < -0.3 is 10.1 Å². The van der Waals surface area contributed by atoms with Gasteiger partial charge in [-0.2, -0.15) is 0 Å². The van der Waals surface area contributed by atoms with Crippen LogP contribution in [0, 0.1) is 5.82 Å². The Hall–Kier alpha value is -1.72. The summed E-state index contributed by atoms with van der Waals surface area (Å²) in [5.74, 6) is 1.03. The summed E-state index contributed by atoms with van der Waals surface area (Å²) in [5, 5.41) is 3.34. The topological polar surface area (TPSA) is 47.0 Å². The van der Waals surface area contributed by atoms with E-state index in [0.717, 1.165) is 17.1 Å². The first-order valence-electron chi connectivity index (χ1n) is 7.35. The lowest BCUT2D eigenvalue weighted by molar-refractivity contribution is 0.181. The second kappa shape index (κ2) is 7.23. The van der Waals surface area contributed by atoms with Crippen molar-refractivity contribution in [3.8, 4) is 0 Å². The Morgan fingerprint density at radius 2 is 1.96 bits per heavy atom. The van der Waals surface area contributed by atoms with Crippen molar-refractivity contribution in [1.29, 1.82) is 0 Å². The smallest absolute Gasteiger partial charge is 0.141 e. The predicted molar refractivity (Wildman–Crippen MR) is 90.2 cm³/mol. The van der Waals surface area contributed by atoms with E-state index >= 15 is 0 Å². The number of rotatable bonds is 5. The molecule has 1 N–H and O–H groups in total. The largest absolute Gasteiger partial charge is 0.378 e. The molecule has 1 aromatic heterocycles. The molecule has 0 atom stereocenters. The molecule has 0 aliphatic rings. The lowest BCUT2D eigenvalue weighted by Gasteiger charge is -2.19. The summed E-state index contributed by atoms with van der Waals surface area (Å²) in [7, 11) is 1.63. The van der Waals surface area contributed by atoms with Crippen LogP contribution in [0.5, 0.6) is 0 Å². The van der Waals surface area contributed by atoms with Gasteiger partial charge in [0.1, 0.15) is 17.5 Å². The molecule has 0 aliphatic carbocycles. The molecule has 1 aromatic carbocycles. The van der Waals surface area contributed by atoms with E-state index in [1.54, 1.807) is 19.2 Å². The van der Waals surface area contributed by atoms with Crippen molar-refractivity contribution in [2.45, 2.75) is 39.3 Å². The SMILES string of the molecule is COCc1cc(NCc2ccc(F)c(Cl)c2)nc(C(C)(C)C)n1. The first-order valence-corrected chi connectivity index (χ1v) is 7.72. The van der Waals surface area contributed by atoms with Crippen molar-refractivity contribution in [3.05, 3.63) is 52.2 Å². The van der Waals surface area contributed by atoms with Crippen LogP contribution >= 0.6 is 11.6 Å². The second-order valence-corrected chi connectivity index (χ2v) is 6.76. The number of ether oxygens (including phenoxy) is 1. The van der Waals surface area contributed by atoms with E-state index in [-0.39, 0.29) is 10.4 Å². The van der Waals surface area contributed by atoms with E-state index in [1.807, 2.05) is 6.07 Å². The molecule has 0 aliphatic heterocycles. The number of methoxy groups -OCH3 is 1. The molecule has 4 nitrogen and oxygen atoms in total. The molecule has 0 spiro atoms. The van der Waals surface area contributed by atoms with Crippen molar-refractivity contribution in [2.24, 2.45) is 0 Å². The van der Waals surface area contributed by atoms with Gasteiger partial charge in [-0.1, -0.05) is 38.4 Å². The van der Waals surface area contributed by atoms with Gasteiger partial charge in [-0.3, -0.25) is 0 Å². The van der Waals surface area contributed by atoms with Gasteiger partial charge in [-0.25, -0.2) is 14.4 Å². The third-order valence-electron chi connectivity index (χ3n) is 3.20. The standard InChI is InChI=1S/C17H21ClFN3O/c1-17(2,3)16-21-12(10-23-4)8-15(22-16)20-9-11-5-6-14(19)13(18)7-11/h5-8H,9-10H2,1-4H3,(H,20,21,22). The van der Waals surface area contributed by atoms with Gasteiger partial charge in [0.05, 0.1) is 17.3 Å². The molecule has 1 heterocycles. The Labute approximate surface area is 141 Å². The number of hydrogen-bond donors (Lipinski definition) is 1. The fourth-order valence-electron chi connectivity index (χ4n) is 1.99. The van der Waals surface area contributed by atoms with Gasteiger partial charge in [-0.15, -0.1) is 0 Å². The fourth-order valence-corrected chi connectivity index (χ4v) is 2.19. The van der Waals surface area contributed by atoms with Crippen LogP contribution in [0.25, 0.3) is 0 Å². The van der Waals surface area contributed by atoms with Crippen LogP contribution in [-0.2, 0) is 23.3 Å². The number of benzene rings is 1. The summed E-state index contributed by atoms with van der Waals surface area (Å²) in [6.07, 6.45) is 0. The average molecular weight is 338 g/mol. The van der Waals surface area contributed by atoms with Gasteiger partial charge in [0.25, 0.3) is 0 Å². The normalized spacial score (nSPS) is 11.6. The molecule has 0 unspecified atom stereocenters. The quantitative estimate of drug-likeness (QED) is 0.882. The van der Waals surface area contributed by atoms with E-state index in [0.29, 0.717) is 19.0 Å². The summed E-state index contributed by atoms with van der Waals surface area (Å²) in [4.78, 5) is 9.09. The third-order valence-corrected chi connectivity index (χ3v) is 3.49. The molecule has 6 heteroatoms. The van der Waals surface area contributed by atoms with Crippen LogP contribution in [0.1, 0.15) is 37.9 Å². The van der Waals surface area contributed by atoms with Crippen LogP contribution in [0.15, 0.2) is 24.3 Å². The van der Waals surface area contributed by atoms with Crippen molar-refractivity contribution >= 4 is 17.4 Å². The van der Waals surface area contributed by atoms with Gasteiger partial charge in [-0.05, 0) is 17.7 Å². The third kappa shape index (κ3) is 4.88. The molecule has 0 amide bonds. The number of anilines is 1. The molecule has 2 aromatic rings. The monoisotopic (exact) mass is 337 g/mol. The first-order chi connectivity index (χ1) is 10.8. The van der Waals surface area contributed by atoms with Crippen LogP contribution in [-0.4, -0.2) is 17.1 Å². The number of nitrogens with one attached hydrogen (secondary N) is 1. The lowest BCUT2D eigenvalue weighted by atomic mass is 9.95. The Bertz CT molecular complexity index is 686. The lowest BCUT2D eigenvalue weighted by Crippen LogP contribution is -2.18. The van der Waals surface area contributed by atoms with Gasteiger partial charge in [0.15, 0.2) is 0 Å². The molecule has 0 radical (unpaired) electrons. The number of hydrogen-bond acceptors (Lipinski definition) is 4. The van der Waals surface area contributed by atoms with Gasteiger partial charge >= 0.3 is 0 Å². The molecular weight excluding hydrogens is 317 g/mol. The van der Waals surface area contributed by atoms with E-state index in [1.165, 1.54) is 6.07 Å². The highest BCUT2D eigenvalue weighted by Gasteiger charge is 2.19. The maximum atomic E-state index is 13.2. The highest BCUT2D eigenvalue weighted by atomic mass is 35.5.